The highest BCUT2D eigenvalue weighted by atomic mass is 16.4. The summed E-state index contributed by atoms with van der Waals surface area (Å²) in [7, 11) is 0. The maximum atomic E-state index is 11.8. The van der Waals surface area contributed by atoms with Crippen LogP contribution in [0.1, 0.15) is 30.0 Å². The van der Waals surface area contributed by atoms with Crippen molar-refractivity contribution in [2.75, 3.05) is 11.9 Å². The molecular formula is C13H16N2O3. The molecule has 1 atom stereocenters. The molecular weight excluding hydrogens is 232 g/mol. The molecule has 5 nitrogen and oxygen atoms in total. The molecule has 1 heterocycles. The van der Waals surface area contributed by atoms with E-state index in [9.17, 15) is 9.59 Å². The monoisotopic (exact) mass is 248 g/mol. The first-order chi connectivity index (χ1) is 8.59. The first kappa shape index (κ1) is 12.6. The zero-order valence-electron chi connectivity index (χ0n) is 10.2. The molecule has 1 aliphatic rings. The lowest BCUT2D eigenvalue weighted by molar-refractivity contribution is -0.137. The molecule has 1 unspecified atom stereocenters. The van der Waals surface area contributed by atoms with Gasteiger partial charge < -0.3 is 15.7 Å². The summed E-state index contributed by atoms with van der Waals surface area (Å²) in [4.78, 5) is 22.2. The molecule has 5 heteroatoms. The van der Waals surface area contributed by atoms with E-state index in [2.05, 4.69) is 10.6 Å². The zero-order valence-corrected chi connectivity index (χ0v) is 10.2. The normalized spacial score (nSPS) is 17.4. The number of amides is 1. The first-order valence-electron chi connectivity index (χ1n) is 5.95. The summed E-state index contributed by atoms with van der Waals surface area (Å²) in [6, 6.07) is 5.41. The number of benzene rings is 1. The van der Waals surface area contributed by atoms with Crippen molar-refractivity contribution in [1.82, 2.24) is 5.32 Å². The number of carboxylic acids is 1. The molecule has 0 bridgehead atoms. The molecule has 0 fully saturated rings. The smallest absolute Gasteiger partial charge is 0.303 e. The van der Waals surface area contributed by atoms with Crippen molar-refractivity contribution in [1.29, 1.82) is 0 Å². The Kier molecular flexibility index (Phi) is 3.62. The Balaban J connectivity index is 2.00. The van der Waals surface area contributed by atoms with E-state index in [0.29, 0.717) is 13.0 Å². The maximum Gasteiger partial charge on any atom is 0.303 e. The summed E-state index contributed by atoms with van der Waals surface area (Å²) in [5.74, 6) is -0.890. The van der Waals surface area contributed by atoms with Gasteiger partial charge in [-0.2, -0.15) is 0 Å². The Hall–Kier alpha value is -1.88. The Morgan fingerprint density at radius 2 is 2.28 bits per heavy atom. The lowest BCUT2D eigenvalue weighted by Gasteiger charge is -2.10. The third-order valence-electron chi connectivity index (χ3n) is 3.04. The minimum absolute atomic E-state index is 0.0744. The van der Waals surface area contributed by atoms with Gasteiger partial charge in [-0.05, 0) is 25.5 Å². The van der Waals surface area contributed by atoms with E-state index in [0.717, 1.165) is 16.8 Å². The fourth-order valence-electron chi connectivity index (χ4n) is 2.13. The number of hydrogen-bond acceptors (Lipinski definition) is 3. The van der Waals surface area contributed by atoms with Crippen molar-refractivity contribution < 1.29 is 14.7 Å². The van der Waals surface area contributed by atoms with Crippen molar-refractivity contribution in [3.8, 4) is 0 Å². The summed E-state index contributed by atoms with van der Waals surface area (Å²) in [5.41, 5.74) is 2.85. The van der Waals surface area contributed by atoms with Crippen LogP contribution in [0.5, 0.6) is 0 Å². The van der Waals surface area contributed by atoms with E-state index in [4.69, 9.17) is 5.11 Å². The maximum absolute atomic E-state index is 11.8. The molecule has 0 spiro atoms. The fourth-order valence-corrected chi connectivity index (χ4v) is 2.13. The van der Waals surface area contributed by atoms with E-state index < -0.39 is 5.97 Å². The third kappa shape index (κ3) is 2.51. The molecule has 18 heavy (non-hydrogen) atoms. The average molecular weight is 248 g/mol. The topological polar surface area (TPSA) is 78.4 Å². The van der Waals surface area contributed by atoms with Gasteiger partial charge in [0.25, 0.3) is 0 Å². The van der Waals surface area contributed by atoms with Gasteiger partial charge in [0, 0.05) is 17.7 Å². The molecule has 1 aliphatic heterocycles. The van der Waals surface area contributed by atoms with Crippen LogP contribution in [0, 0.1) is 6.92 Å². The highest BCUT2D eigenvalue weighted by molar-refractivity contribution is 6.03. The van der Waals surface area contributed by atoms with Crippen molar-refractivity contribution >= 4 is 17.6 Å². The minimum Gasteiger partial charge on any atom is -0.481 e. The van der Waals surface area contributed by atoms with Crippen LogP contribution >= 0.6 is 0 Å². The average Bonchev–Trinajstić information content (AvgIpc) is 2.63. The number of aliphatic carboxylic acids is 1. The molecule has 0 aliphatic carbocycles. The van der Waals surface area contributed by atoms with Crippen molar-refractivity contribution in [2.24, 2.45) is 0 Å². The van der Waals surface area contributed by atoms with Crippen molar-refractivity contribution in [2.45, 2.75) is 25.8 Å². The van der Waals surface area contributed by atoms with Crippen LogP contribution in [0.15, 0.2) is 18.2 Å². The van der Waals surface area contributed by atoms with E-state index in [1.54, 1.807) is 0 Å². The van der Waals surface area contributed by atoms with Gasteiger partial charge in [-0.1, -0.05) is 18.2 Å². The number of carboxylic acid groups (broad SMARTS) is 1. The fraction of sp³-hybridized carbons (Fsp3) is 0.385. The van der Waals surface area contributed by atoms with E-state index in [1.165, 1.54) is 0 Å². The van der Waals surface area contributed by atoms with Gasteiger partial charge in [0.15, 0.2) is 0 Å². The second-order valence-electron chi connectivity index (χ2n) is 4.41. The Morgan fingerprint density at radius 1 is 1.50 bits per heavy atom. The molecule has 1 aromatic rings. The van der Waals surface area contributed by atoms with Crippen molar-refractivity contribution in [3.63, 3.8) is 0 Å². The number of nitrogens with one attached hydrogen (secondary N) is 2. The number of rotatable bonds is 5. The summed E-state index contributed by atoms with van der Waals surface area (Å²) in [5, 5.41) is 14.5. The highest BCUT2D eigenvalue weighted by Crippen LogP contribution is 2.33. The van der Waals surface area contributed by atoms with Crippen LogP contribution in [0.3, 0.4) is 0 Å². The first-order valence-corrected chi connectivity index (χ1v) is 5.95. The third-order valence-corrected chi connectivity index (χ3v) is 3.04. The molecule has 1 aromatic carbocycles. The lowest BCUT2D eigenvalue weighted by Crippen LogP contribution is -2.28. The van der Waals surface area contributed by atoms with Crippen LogP contribution in [-0.2, 0) is 9.59 Å². The molecule has 2 rings (SSSR count). The van der Waals surface area contributed by atoms with Gasteiger partial charge in [0.05, 0.1) is 0 Å². The molecule has 0 saturated heterocycles. The summed E-state index contributed by atoms with van der Waals surface area (Å²) >= 11 is 0. The van der Waals surface area contributed by atoms with Crippen LogP contribution in [0.4, 0.5) is 5.69 Å². The predicted octanol–water partition coefficient (Wildman–Crippen LogP) is 1.44. The van der Waals surface area contributed by atoms with Crippen LogP contribution < -0.4 is 10.6 Å². The number of carbonyl (C=O) groups excluding carboxylic acids is 1. The van der Waals surface area contributed by atoms with Crippen LogP contribution in [0.2, 0.25) is 0 Å². The number of carbonyl (C=O) groups is 2. The second-order valence-corrected chi connectivity index (χ2v) is 4.41. The van der Waals surface area contributed by atoms with Gasteiger partial charge >= 0.3 is 5.97 Å². The van der Waals surface area contributed by atoms with Gasteiger partial charge in [-0.25, -0.2) is 0 Å². The number of fused-ring (bicyclic) bond motifs is 1. The van der Waals surface area contributed by atoms with Gasteiger partial charge in [-0.3, -0.25) is 9.59 Å². The Morgan fingerprint density at radius 3 is 3.00 bits per heavy atom. The van der Waals surface area contributed by atoms with Crippen LogP contribution in [-0.4, -0.2) is 23.5 Å². The van der Waals surface area contributed by atoms with Gasteiger partial charge in [-0.15, -0.1) is 0 Å². The number of aryl methyl sites for hydroxylation is 1. The van der Waals surface area contributed by atoms with E-state index >= 15 is 0 Å². The standard InChI is InChI=1S/C13H16N2O3/c1-8-4-2-5-9-11(8)15-13(18)12(9)14-7-3-6-10(16)17/h2,4-5,12,14H,3,6-7H2,1H3,(H,15,18)(H,16,17). The van der Waals surface area contributed by atoms with E-state index in [-0.39, 0.29) is 18.4 Å². The molecule has 96 valence electrons. The largest absolute Gasteiger partial charge is 0.481 e. The molecule has 0 radical (unpaired) electrons. The summed E-state index contributed by atoms with van der Waals surface area (Å²) < 4.78 is 0. The van der Waals surface area contributed by atoms with Crippen LogP contribution in [0.25, 0.3) is 0 Å². The quantitative estimate of drug-likeness (QED) is 0.689. The Bertz CT molecular complexity index is 485. The lowest BCUT2D eigenvalue weighted by atomic mass is 10.1. The minimum atomic E-state index is -0.816. The second kappa shape index (κ2) is 5.18. The predicted molar refractivity (Wildman–Crippen MR) is 67.4 cm³/mol. The molecule has 3 N–H and O–H groups in total. The van der Waals surface area contributed by atoms with Gasteiger partial charge in [0.2, 0.25) is 5.91 Å². The van der Waals surface area contributed by atoms with E-state index in [1.807, 2.05) is 25.1 Å². The number of hydrogen-bond donors (Lipinski definition) is 3. The number of anilines is 1. The zero-order chi connectivity index (χ0) is 13.1. The van der Waals surface area contributed by atoms with Gasteiger partial charge in [0.1, 0.15) is 6.04 Å². The highest BCUT2D eigenvalue weighted by Gasteiger charge is 2.30. The summed E-state index contributed by atoms with van der Waals surface area (Å²) in [6.07, 6.45) is 0.627. The molecule has 1 amide bonds. The van der Waals surface area contributed by atoms with Crippen molar-refractivity contribution in [3.05, 3.63) is 29.3 Å². The number of para-hydroxylation sites is 1. The summed E-state index contributed by atoms with van der Waals surface area (Å²) in [6.45, 7) is 2.46. The molecule has 0 saturated carbocycles. The Labute approximate surface area is 105 Å². The SMILES string of the molecule is Cc1cccc2c1NC(=O)C2NCCCC(=O)O. The molecule has 0 aromatic heterocycles.